The molecule has 0 aromatic carbocycles. The number of thioether (sulfide) groups is 1. The Labute approximate surface area is 211 Å². The molecular formula is C23H32B2N6O3S. The van der Waals surface area contributed by atoms with Crippen LogP contribution in [0.5, 0.6) is 5.75 Å². The van der Waals surface area contributed by atoms with Gasteiger partial charge in [0, 0.05) is 11.6 Å². The van der Waals surface area contributed by atoms with E-state index < -0.39 is 5.52 Å². The first-order valence-corrected chi connectivity index (χ1v) is 13.1. The van der Waals surface area contributed by atoms with Gasteiger partial charge in [-0.2, -0.15) is 11.8 Å². The van der Waals surface area contributed by atoms with Gasteiger partial charge >= 0.3 is 0 Å². The molecule has 2 aliphatic rings. The van der Waals surface area contributed by atoms with Gasteiger partial charge in [0.1, 0.15) is 17.9 Å². The number of pyridine rings is 1. The maximum absolute atomic E-state index is 10.6. The highest BCUT2D eigenvalue weighted by molar-refractivity contribution is 7.99. The van der Waals surface area contributed by atoms with E-state index >= 15 is 0 Å². The number of aliphatic hydroxyl groups is 1. The van der Waals surface area contributed by atoms with Crippen LogP contribution in [0.1, 0.15) is 33.4 Å². The number of hydrogen-bond donors (Lipinski definition) is 3. The molecule has 3 aromatic rings. The Morgan fingerprint density at radius 2 is 2.09 bits per heavy atom. The molecule has 2 aliphatic heterocycles. The number of ether oxygens (including phenoxy) is 2. The first-order valence-electron chi connectivity index (χ1n) is 11.9. The van der Waals surface area contributed by atoms with E-state index in [1.807, 2.05) is 12.3 Å². The number of morpholine rings is 1. The van der Waals surface area contributed by atoms with E-state index in [9.17, 15) is 5.11 Å². The maximum Gasteiger partial charge on any atom is 0.184 e. The summed E-state index contributed by atoms with van der Waals surface area (Å²) in [5, 5.41) is 14.6. The van der Waals surface area contributed by atoms with Crippen LogP contribution in [-0.2, 0) is 9.48 Å². The molecule has 1 fully saturated rings. The summed E-state index contributed by atoms with van der Waals surface area (Å²) in [4.78, 5) is 20.3. The van der Waals surface area contributed by atoms with E-state index in [2.05, 4.69) is 54.1 Å². The minimum Gasteiger partial charge on any atom is -0.485 e. The number of rotatable bonds is 5. The van der Waals surface area contributed by atoms with E-state index in [1.54, 1.807) is 33.7 Å². The third-order valence-corrected chi connectivity index (χ3v) is 7.94. The quantitative estimate of drug-likeness (QED) is 0.357. The summed E-state index contributed by atoms with van der Waals surface area (Å²) in [5.41, 5.74) is 1.54. The topological polar surface area (TPSA) is 108 Å². The van der Waals surface area contributed by atoms with Crippen molar-refractivity contribution in [2.24, 2.45) is 0 Å². The van der Waals surface area contributed by atoms with Gasteiger partial charge < -0.3 is 29.8 Å². The summed E-state index contributed by atoms with van der Waals surface area (Å²) in [6, 6.07) is 2.09. The third-order valence-electron chi connectivity index (χ3n) is 6.73. The number of anilines is 2. The molecular weight excluding hydrogens is 462 g/mol. The fraction of sp³-hybridized carbons (Fsp3) is 0.522. The molecule has 1 saturated heterocycles. The highest BCUT2D eigenvalue weighted by Crippen LogP contribution is 2.49. The van der Waals surface area contributed by atoms with Crippen molar-refractivity contribution in [3.8, 4) is 17.1 Å². The Hall–Kier alpha value is -2.43. The number of aromatic nitrogens is 4. The van der Waals surface area contributed by atoms with E-state index in [0.29, 0.717) is 31.3 Å². The van der Waals surface area contributed by atoms with Crippen LogP contribution in [0.3, 0.4) is 0 Å². The number of H-pyrrole nitrogens is 1. The van der Waals surface area contributed by atoms with Crippen LogP contribution in [0, 0.1) is 0 Å². The standard InChI is InChI=1S/C23H32B2N6O3S/c1-12-9-33-10-22(4)11-34-16-17(21(2,3)35-5)28-19(29-20(16)31(12)22)15-13-6-7-26-18(13)27-8-14(15)30-23(24,25)32/h6-8,12,30,32H,9-11,24-25H2,1-5H3,(H,26,27)/t12-,22+/m1/s1. The number of aromatic amines is 1. The van der Waals surface area contributed by atoms with Crippen molar-refractivity contribution < 1.29 is 14.6 Å². The van der Waals surface area contributed by atoms with Gasteiger partial charge in [0.15, 0.2) is 33.1 Å². The Morgan fingerprint density at radius 3 is 2.80 bits per heavy atom. The predicted molar refractivity (Wildman–Crippen MR) is 146 cm³/mol. The molecule has 0 saturated carbocycles. The number of hydrogen-bond acceptors (Lipinski definition) is 9. The summed E-state index contributed by atoms with van der Waals surface area (Å²) in [6.45, 7) is 10.3. The lowest BCUT2D eigenvalue weighted by Gasteiger charge is -2.52. The number of nitrogens with one attached hydrogen (secondary N) is 2. The fourth-order valence-corrected chi connectivity index (χ4v) is 5.28. The highest BCUT2D eigenvalue weighted by Gasteiger charge is 2.47. The third kappa shape index (κ3) is 4.15. The molecule has 0 unspecified atom stereocenters. The lowest BCUT2D eigenvalue weighted by molar-refractivity contribution is 0.00707. The average Bonchev–Trinajstić information content (AvgIpc) is 3.25. The lowest BCUT2D eigenvalue weighted by atomic mass is 9.73. The molecule has 0 amide bonds. The Kier molecular flexibility index (Phi) is 5.77. The van der Waals surface area contributed by atoms with Gasteiger partial charge in [-0.1, -0.05) is 0 Å². The zero-order valence-corrected chi connectivity index (χ0v) is 22.2. The van der Waals surface area contributed by atoms with Gasteiger partial charge in [-0.25, -0.2) is 15.0 Å². The lowest BCUT2D eigenvalue weighted by Crippen LogP contribution is -2.64. The Morgan fingerprint density at radius 1 is 1.31 bits per heavy atom. The molecule has 0 bridgehead atoms. The second kappa shape index (κ2) is 8.31. The van der Waals surface area contributed by atoms with Gasteiger partial charge in [-0.05, 0) is 40.0 Å². The van der Waals surface area contributed by atoms with Gasteiger partial charge in [0.25, 0.3) is 0 Å². The molecule has 12 heteroatoms. The van der Waals surface area contributed by atoms with E-state index in [1.165, 1.54) is 0 Å². The van der Waals surface area contributed by atoms with E-state index in [4.69, 9.17) is 19.4 Å². The van der Waals surface area contributed by atoms with Gasteiger partial charge in [0.05, 0.1) is 52.5 Å². The van der Waals surface area contributed by atoms with Crippen molar-refractivity contribution in [2.45, 2.75) is 49.5 Å². The molecule has 0 aliphatic carbocycles. The fourth-order valence-electron chi connectivity index (χ4n) is 4.95. The van der Waals surface area contributed by atoms with Crippen LogP contribution in [0.4, 0.5) is 11.5 Å². The molecule has 3 aromatic heterocycles. The monoisotopic (exact) mass is 494 g/mol. The summed E-state index contributed by atoms with van der Waals surface area (Å²) < 4.78 is 12.0. The minimum atomic E-state index is -1.16. The van der Waals surface area contributed by atoms with Crippen LogP contribution in [0.2, 0.25) is 0 Å². The number of fused-ring (bicyclic) bond motifs is 4. The molecule has 35 heavy (non-hydrogen) atoms. The molecule has 2 atom stereocenters. The second-order valence-electron chi connectivity index (χ2n) is 10.8. The SMILES string of the molecule is BC(B)(O)Nc1cnc2[nH]ccc2c1-c1nc2c(c(C(C)(C)SC)n1)OC[C@]1(C)COC[C@@H](C)N21. The number of nitrogens with zero attached hydrogens (tertiary/aromatic N) is 4. The normalized spacial score (nSPS) is 22.5. The van der Waals surface area contributed by atoms with Gasteiger partial charge in [-0.15, -0.1) is 0 Å². The van der Waals surface area contributed by atoms with Gasteiger partial charge in [0.2, 0.25) is 0 Å². The van der Waals surface area contributed by atoms with Crippen molar-refractivity contribution >= 4 is 50.0 Å². The molecule has 3 N–H and O–H groups in total. The molecule has 184 valence electrons. The first kappa shape index (κ1) is 24.3. The summed E-state index contributed by atoms with van der Waals surface area (Å²) >= 11 is 1.72. The molecule has 5 heterocycles. The van der Waals surface area contributed by atoms with Crippen LogP contribution in [-0.4, -0.2) is 83.9 Å². The smallest absolute Gasteiger partial charge is 0.184 e. The van der Waals surface area contributed by atoms with Crippen molar-refractivity contribution in [1.82, 2.24) is 19.9 Å². The van der Waals surface area contributed by atoms with Gasteiger partial charge in [-0.3, -0.25) is 0 Å². The summed E-state index contributed by atoms with van der Waals surface area (Å²) in [5.74, 6) is 2.08. The Balaban J connectivity index is 1.81. The summed E-state index contributed by atoms with van der Waals surface area (Å²) in [6.07, 6.45) is 5.65. The van der Waals surface area contributed by atoms with E-state index in [-0.39, 0.29) is 16.3 Å². The highest BCUT2D eigenvalue weighted by atomic mass is 32.2. The first-order chi connectivity index (χ1) is 16.4. The van der Waals surface area contributed by atoms with Crippen molar-refractivity contribution in [2.75, 3.05) is 36.3 Å². The minimum absolute atomic E-state index is 0.128. The summed E-state index contributed by atoms with van der Waals surface area (Å²) in [7, 11) is 3.39. The zero-order valence-electron chi connectivity index (χ0n) is 21.4. The molecule has 0 radical (unpaired) electrons. The van der Waals surface area contributed by atoms with Crippen LogP contribution < -0.4 is 15.0 Å². The van der Waals surface area contributed by atoms with Crippen molar-refractivity contribution in [3.63, 3.8) is 0 Å². The molecule has 5 rings (SSSR count). The van der Waals surface area contributed by atoms with Crippen molar-refractivity contribution in [1.29, 1.82) is 0 Å². The largest absolute Gasteiger partial charge is 0.485 e. The average molecular weight is 494 g/mol. The zero-order chi connectivity index (χ0) is 25.2. The predicted octanol–water partition coefficient (Wildman–Crippen LogP) is 1.28. The maximum atomic E-state index is 10.6. The Bertz CT molecular complexity index is 1280. The van der Waals surface area contributed by atoms with Crippen LogP contribution in [0.15, 0.2) is 18.5 Å². The molecule has 9 nitrogen and oxygen atoms in total. The van der Waals surface area contributed by atoms with Crippen molar-refractivity contribution in [3.05, 3.63) is 24.2 Å². The van der Waals surface area contributed by atoms with E-state index in [0.717, 1.165) is 33.9 Å². The molecule has 0 spiro atoms. The van der Waals surface area contributed by atoms with Crippen LogP contribution in [0.25, 0.3) is 22.4 Å². The second-order valence-corrected chi connectivity index (χ2v) is 12.2. The van der Waals surface area contributed by atoms with Crippen LogP contribution >= 0.6 is 11.8 Å².